The smallest absolute Gasteiger partial charge is 0.0547 e. The fraction of sp³-hybridized carbons (Fsp3) is 0. The summed E-state index contributed by atoms with van der Waals surface area (Å²) in [4.78, 5) is 2.35. The van der Waals surface area contributed by atoms with Crippen LogP contribution in [0.3, 0.4) is 0 Å². The van der Waals surface area contributed by atoms with Gasteiger partial charge < -0.3 is 9.47 Å². The molecule has 11 rings (SSSR count). The summed E-state index contributed by atoms with van der Waals surface area (Å²) < 4.78 is 2.45. The van der Waals surface area contributed by atoms with Crippen LogP contribution in [0.5, 0.6) is 0 Å². The Morgan fingerprint density at radius 2 is 0.667 bits per heavy atom. The number of nitrogens with zero attached hydrogens (tertiary/aromatic N) is 2. The van der Waals surface area contributed by atoms with E-state index in [0.717, 1.165) is 33.9 Å². The molecule has 2 nitrogen and oxygen atoms in total. The van der Waals surface area contributed by atoms with Crippen LogP contribution in [0.25, 0.3) is 82.8 Å². The number of hydrogen-bond acceptors (Lipinski definition) is 1. The minimum atomic E-state index is 1.09. The molecule has 0 bridgehead atoms. The third-order valence-corrected chi connectivity index (χ3v) is 11.8. The number of anilines is 3. The van der Waals surface area contributed by atoms with Gasteiger partial charge in [0.15, 0.2) is 0 Å². The van der Waals surface area contributed by atoms with Crippen LogP contribution in [0, 0.1) is 0 Å². The van der Waals surface area contributed by atoms with Crippen LogP contribution in [0.1, 0.15) is 0 Å². The summed E-state index contributed by atoms with van der Waals surface area (Å²) in [5.74, 6) is 0. The van der Waals surface area contributed by atoms with Crippen LogP contribution in [-0.2, 0) is 0 Å². The first kappa shape index (κ1) is 35.2. The number of rotatable bonds is 8. The third-order valence-electron chi connectivity index (χ3n) is 11.8. The van der Waals surface area contributed by atoms with E-state index in [2.05, 4.69) is 252 Å². The van der Waals surface area contributed by atoms with E-state index >= 15 is 0 Å². The van der Waals surface area contributed by atoms with Crippen molar-refractivity contribution < 1.29 is 0 Å². The van der Waals surface area contributed by atoms with Gasteiger partial charge >= 0.3 is 0 Å². The number of hydrogen-bond donors (Lipinski definition) is 0. The second kappa shape index (κ2) is 15.1. The van der Waals surface area contributed by atoms with Crippen molar-refractivity contribution in [3.05, 3.63) is 243 Å². The van der Waals surface area contributed by atoms with Gasteiger partial charge in [-0.15, -0.1) is 0 Å². The lowest BCUT2D eigenvalue weighted by Crippen LogP contribution is -2.09. The van der Waals surface area contributed by atoms with Crippen molar-refractivity contribution in [2.24, 2.45) is 0 Å². The molecule has 1 aromatic heterocycles. The Balaban J connectivity index is 1.04. The standard InChI is InChI=1S/C58H40N2/c1-4-14-41(15-5-1)44-24-31-50(32-25-44)59(51-33-26-45(27-34-51)42-16-6-2-7-17-42)52-35-28-46(29-36-52)49-38-48(43-18-8-3-9-19-43)39-53(40-49)60-56-23-13-12-22-55(56)58-54-21-11-10-20-47(54)30-37-57(58)60/h1-40H. The Morgan fingerprint density at radius 1 is 0.267 bits per heavy atom. The highest BCUT2D eigenvalue weighted by atomic mass is 15.1. The maximum Gasteiger partial charge on any atom is 0.0547 e. The molecular weight excluding hydrogens is 725 g/mol. The molecule has 11 aromatic rings. The van der Waals surface area contributed by atoms with E-state index in [9.17, 15) is 0 Å². The van der Waals surface area contributed by atoms with E-state index in [0.29, 0.717) is 0 Å². The van der Waals surface area contributed by atoms with Crippen molar-refractivity contribution in [1.29, 1.82) is 0 Å². The van der Waals surface area contributed by atoms with Gasteiger partial charge in [-0.05, 0) is 122 Å². The van der Waals surface area contributed by atoms with E-state index < -0.39 is 0 Å². The molecule has 2 heteroatoms. The number of para-hydroxylation sites is 1. The summed E-state index contributed by atoms with van der Waals surface area (Å²) in [6.07, 6.45) is 0. The zero-order valence-corrected chi connectivity index (χ0v) is 33.0. The largest absolute Gasteiger partial charge is 0.311 e. The van der Waals surface area contributed by atoms with Crippen LogP contribution < -0.4 is 4.90 Å². The van der Waals surface area contributed by atoms with Gasteiger partial charge in [-0.25, -0.2) is 0 Å². The third kappa shape index (κ3) is 6.41. The molecule has 0 aliphatic heterocycles. The van der Waals surface area contributed by atoms with Gasteiger partial charge in [0.1, 0.15) is 0 Å². The molecule has 60 heavy (non-hydrogen) atoms. The highest BCUT2D eigenvalue weighted by Gasteiger charge is 2.18. The Bertz CT molecular complexity index is 3170. The van der Waals surface area contributed by atoms with Crippen molar-refractivity contribution in [2.45, 2.75) is 0 Å². The number of benzene rings is 10. The van der Waals surface area contributed by atoms with Gasteiger partial charge in [0.05, 0.1) is 11.0 Å². The molecule has 282 valence electrons. The van der Waals surface area contributed by atoms with E-state index in [-0.39, 0.29) is 0 Å². The van der Waals surface area contributed by atoms with E-state index in [1.807, 2.05) is 0 Å². The van der Waals surface area contributed by atoms with E-state index in [1.165, 1.54) is 66.0 Å². The van der Waals surface area contributed by atoms with Gasteiger partial charge in [-0.1, -0.05) is 176 Å². The summed E-state index contributed by atoms with van der Waals surface area (Å²) >= 11 is 0. The molecule has 0 aliphatic carbocycles. The van der Waals surface area contributed by atoms with E-state index in [1.54, 1.807) is 0 Å². The van der Waals surface area contributed by atoms with Crippen molar-refractivity contribution in [2.75, 3.05) is 4.90 Å². The molecule has 0 spiro atoms. The molecule has 0 saturated heterocycles. The zero-order valence-electron chi connectivity index (χ0n) is 33.0. The minimum Gasteiger partial charge on any atom is -0.311 e. The average Bonchev–Trinajstić information content (AvgIpc) is 3.68. The van der Waals surface area contributed by atoms with Crippen LogP contribution in [0.4, 0.5) is 17.1 Å². The van der Waals surface area contributed by atoms with Crippen molar-refractivity contribution >= 4 is 49.6 Å². The first-order valence-electron chi connectivity index (χ1n) is 20.6. The van der Waals surface area contributed by atoms with Gasteiger partial charge in [-0.2, -0.15) is 0 Å². The van der Waals surface area contributed by atoms with Crippen LogP contribution in [-0.4, -0.2) is 4.57 Å². The van der Waals surface area contributed by atoms with E-state index in [4.69, 9.17) is 0 Å². The Kier molecular flexibility index (Phi) is 8.87. The Morgan fingerprint density at radius 3 is 1.18 bits per heavy atom. The first-order valence-corrected chi connectivity index (χ1v) is 20.6. The minimum absolute atomic E-state index is 1.09. The normalized spacial score (nSPS) is 11.3. The maximum atomic E-state index is 2.45. The molecule has 0 radical (unpaired) electrons. The highest BCUT2D eigenvalue weighted by molar-refractivity contribution is 6.21. The second-order valence-corrected chi connectivity index (χ2v) is 15.4. The molecule has 0 saturated carbocycles. The summed E-state index contributed by atoms with van der Waals surface area (Å²) in [6.45, 7) is 0. The quantitative estimate of drug-likeness (QED) is 0.150. The molecule has 0 fully saturated rings. The summed E-state index contributed by atoms with van der Waals surface area (Å²) in [5, 5.41) is 5.07. The molecule has 0 N–H and O–H groups in total. The topological polar surface area (TPSA) is 8.17 Å². The van der Waals surface area contributed by atoms with Crippen molar-refractivity contribution in [1.82, 2.24) is 4.57 Å². The molecule has 0 aliphatic rings. The number of aromatic nitrogens is 1. The fourth-order valence-electron chi connectivity index (χ4n) is 8.84. The Labute approximate surface area is 350 Å². The second-order valence-electron chi connectivity index (χ2n) is 15.4. The lowest BCUT2D eigenvalue weighted by Gasteiger charge is -2.26. The highest BCUT2D eigenvalue weighted by Crippen LogP contribution is 2.41. The van der Waals surface area contributed by atoms with Crippen LogP contribution >= 0.6 is 0 Å². The molecule has 0 atom stereocenters. The predicted molar refractivity (Wildman–Crippen MR) is 255 cm³/mol. The first-order chi connectivity index (χ1) is 29.7. The molecule has 10 aromatic carbocycles. The molecule has 1 heterocycles. The summed E-state index contributed by atoms with van der Waals surface area (Å²) in [6, 6.07) is 87.8. The predicted octanol–water partition coefficient (Wildman–Crippen LogP) is 16.1. The fourth-order valence-corrected chi connectivity index (χ4v) is 8.84. The van der Waals surface area contributed by atoms with Crippen LogP contribution in [0.2, 0.25) is 0 Å². The molecule has 0 unspecified atom stereocenters. The lowest BCUT2D eigenvalue weighted by molar-refractivity contribution is 1.18. The zero-order chi connectivity index (χ0) is 39.8. The van der Waals surface area contributed by atoms with Gasteiger partial charge in [0, 0.05) is 33.5 Å². The van der Waals surface area contributed by atoms with Crippen LogP contribution in [0.15, 0.2) is 243 Å². The maximum absolute atomic E-state index is 2.45. The molecule has 0 amide bonds. The van der Waals surface area contributed by atoms with Gasteiger partial charge in [0.25, 0.3) is 0 Å². The van der Waals surface area contributed by atoms with Gasteiger partial charge in [-0.3, -0.25) is 0 Å². The Hall–Kier alpha value is -7.94. The van der Waals surface area contributed by atoms with Crippen molar-refractivity contribution in [3.8, 4) is 50.2 Å². The lowest BCUT2D eigenvalue weighted by atomic mass is 9.97. The summed E-state index contributed by atoms with van der Waals surface area (Å²) in [5.41, 5.74) is 16.3. The average molecular weight is 765 g/mol. The number of fused-ring (bicyclic) bond motifs is 5. The van der Waals surface area contributed by atoms with Gasteiger partial charge in [0.2, 0.25) is 0 Å². The monoisotopic (exact) mass is 764 g/mol. The van der Waals surface area contributed by atoms with Crippen molar-refractivity contribution in [3.63, 3.8) is 0 Å². The molecular formula is C58H40N2. The SMILES string of the molecule is c1ccc(-c2ccc(N(c3ccc(-c4ccccc4)cc3)c3ccc(-c4cc(-c5ccccc5)cc(-n5c6ccccc6c6c7ccccc7ccc65)c4)cc3)cc2)cc1. The summed E-state index contributed by atoms with van der Waals surface area (Å²) in [7, 11) is 0.